The summed E-state index contributed by atoms with van der Waals surface area (Å²) in [6.07, 6.45) is 0. The second-order valence-electron chi connectivity index (χ2n) is 14.9. The lowest BCUT2D eigenvalue weighted by Crippen LogP contribution is -2.09. The number of benzene rings is 10. The van der Waals surface area contributed by atoms with Crippen molar-refractivity contribution in [2.75, 3.05) is 4.90 Å². The Kier molecular flexibility index (Phi) is 8.19. The predicted octanol–water partition coefficient (Wildman–Crippen LogP) is 16.0. The van der Waals surface area contributed by atoms with Crippen LogP contribution in [0.15, 0.2) is 229 Å². The lowest BCUT2D eigenvalue weighted by atomic mass is 9.93. The standard InChI is InChI=1S/C56H37NO/c1-3-13-38(14-4-1)42-17-11-18-44(35-42)53-37-54-51-34-29-43(36-55(51)58-56(54)52-23-10-9-22-50(52)53)39-25-30-46(31-26-39)57(45-19-5-2-6-20-45)47-32-27-41(28-33-47)49-24-12-16-40-15-7-8-21-48(40)49/h1-37H. The molecule has 2 heteroatoms. The lowest BCUT2D eigenvalue weighted by Gasteiger charge is -2.26. The Balaban J connectivity index is 0.950. The Morgan fingerprint density at radius 3 is 1.59 bits per heavy atom. The molecular weight excluding hydrogens is 703 g/mol. The molecular formula is C56H37NO. The zero-order chi connectivity index (χ0) is 38.4. The maximum absolute atomic E-state index is 6.75. The summed E-state index contributed by atoms with van der Waals surface area (Å²) >= 11 is 0. The van der Waals surface area contributed by atoms with Crippen molar-refractivity contribution >= 4 is 60.5 Å². The van der Waals surface area contributed by atoms with Gasteiger partial charge >= 0.3 is 0 Å². The molecule has 1 aromatic heterocycles. The minimum Gasteiger partial charge on any atom is -0.455 e. The van der Waals surface area contributed by atoms with Crippen LogP contribution in [0, 0.1) is 0 Å². The zero-order valence-corrected chi connectivity index (χ0v) is 31.7. The van der Waals surface area contributed by atoms with Gasteiger partial charge in [0, 0.05) is 33.2 Å². The van der Waals surface area contributed by atoms with E-state index in [1.807, 2.05) is 0 Å². The van der Waals surface area contributed by atoms with Gasteiger partial charge in [-0.15, -0.1) is 0 Å². The molecule has 0 saturated carbocycles. The van der Waals surface area contributed by atoms with E-state index in [1.165, 1.54) is 49.5 Å². The third kappa shape index (κ3) is 5.91. The van der Waals surface area contributed by atoms with Gasteiger partial charge in [0.1, 0.15) is 11.2 Å². The van der Waals surface area contributed by atoms with E-state index in [0.717, 1.165) is 55.5 Å². The number of fused-ring (bicyclic) bond motifs is 6. The van der Waals surface area contributed by atoms with Crippen molar-refractivity contribution in [2.24, 2.45) is 0 Å². The van der Waals surface area contributed by atoms with Crippen LogP contribution >= 0.6 is 0 Å². The Labute approximate surface area is 337 Å². The van der Waals surface area contributed by atoms with Gasteiger partial charge in [0.05, 0.1) is 0 Å². The smallest absolute Gasteiger partial charge is 0.143 e. The highest BCUT2D eigenvalue weighted by Gasteiger charge is 2.17. The van der Waals surface area contributed by atoms with Gasteiger partial charge in [-0.05, 0) is 121 Å². The molecule has 10 aromatic carbocycles. The molecule has 0 atom stereocenters. The van der Waals surface area contributed by atoms with Crippen LogP contribution in [0.2, 0.25) is 0 Å². The number of hydrogen-bond donors (Lipinski definition) is 0. The molecule has 0 saturated heterocycles. The molecule has 58 heavy (non-hydrogen) atoms. The number of anilines is 3. The van der Waals surface area contributed by atoms with Crippen LogP contribution in [0.1, 0.15) is 0 Å². The first-order valence-electron chi connectivity index (χ1n) is 19.8. The summed E-state index contributed by atoms with van der Waals surface area (Å²) in [5.41, 5.74) is 14.6. The first-order valence-corrected chi connectivity index (χ1v) is 19.8. The zero-order valence-electron chi connectivity index (χ0n) is 31.7. The fourth-order valence-corrected chi connectivity index (χ4v) is 8.61. The highest BCUT2D eigenvalue weighted by atomic mass is 16.3. The summed E-state index contributed by atoms with van der Waals surface area (Å²) in [6, 6.07) is 80.5. The van der Waals surface area contributed by atoms with Crippen LogP contribution in [0.25, 0.3) is 88.0 Å². The van der Waals surface area contributed by atoms with Gasteiger partial charge in [0.15, 0.2) is 0 Å². The molecule has 0 unspecified atom stereocenters. The van der Waals surface area contributed by atoms with Gasteiger partial charge in [-0.2, -0.15) is 0 Å². The summed E-state index contributed by atoms with van der Waals surface area (Å²) in [5.74, 6) is 0. The van der Waals surface area contributed by atoms with E-state index in [1.54, 1.807) is 0 Å². The second-order valence-corrected chi connectivity index (χ2v) is 14.9. The van der Waals surface area contributed by atoms with E-state index in [-0.39, 0.29) is 0 Å². The van der Waals surface area contributed by atoms with Gasteiger partial charge in [0.25, 0.3) is 0 Å². The molecule has 0 spiro atoms. The maximum Gasteiger partial charge on any atom is 0.143 e. The van der Waals surface area contributed by atoms with Gasteiger partial charge in [-0.25, -0.2) is 0 Å². The molecule has 11 rings (SSSR count). The fourth-order valence-electron chi connectivity index (χ4n) is 8.61. The summed E-state index contributed by atoms with van der Waals surface area (Å²) in [6.45, 7) is 0. The molecule has 0 fully saturated rings. The highest BCUT2D eigenvalue weighted by Crippen LogP contribution is 2.42. The Morgan fingerprint density at radius 2 is 0.810 bits per heavy atom. The highest BCUT2D eigenvalue weighted by molar-refractivity contribution is 6.19. The van der Waals surface area contributed by atoms with E-state index in [4.69, 9.17) is 4.42 Å². The monoisotopic (exact) mass is 739 g/mol. The topological polar surface area (TPSA) is 16.4 Å². The average molecular weight is 740 g/mol. The lowest BCUT2D eigenvalue weighted by molar-refractivity contribution is 0.673. The van der Waals surface area contributed by atoms with Crippen molar-refractivity contribution in [1.29, 1.82) is 0 Å². The van der Waals surface area contributed by atoms with Crippen LogP contribution in [0.4, 0.5) is 17.1 Å². The molecule has 11 aromatic rings. The van der Waals surface area contributed by atoms with Crippen molar-refractivity contribution < 1.29 is 4.42 Å². The fraction of sp³-hybridized carbons (Fsp3) is 0. The molecule has 0 bridgehead atoms. The van der Waals surface area contributed by atoms with Crippen molar-refractivity contribution in [1.82, 2.24) is 0 Å². The van der Waals surface area contributed by atoms with Crippen LogP contribution in [0.3, 0.4) is 0 Å². The molecule has 0 aliphatic rings. The summed E-state index contributed by atoms with van der Waals surface area (Å²) in [4.78, 5) is 2.32. The van der Waals surface area contributed by atoms with E-state index in [2.05, 4.69) is 229 Å². The number of para-hydroxylation sites is 1. The third-order valence-corrected chi connectivity index (χ3v) is 11.5. The van der Waals surface area contributed by atoms with Crippen molar-refractivity contribution in [3.05, 3.63) is 224 Å². The SMILES string of the molecule is c1ccc(-c2cccc(-c3cc4c5ccc(-c6ccc(N(c7ccccc7)c7ccc(-c8cccc9ccccc89)cc7)cc6)cc5oc4c4ccccc34)c2)cc1. The van der Waals surface area contributed by atoms with Crippen molar-refractivity contribution in [2.45, 2.75) is 0 Å². The second kappa shape index (κ2) is 14.1. The Morgan fingerprint density at radius 1 is 0.276 bits per heavy atom. The molecule has 0 aliphatic heterocycles. The summed E-state index contributed by atoms with van der Waals surface area (Å²) in [5, 5.41) is 7.05. The molecule has 0 aliphatic carbocycles. The minimum atomic E-state index is 0.883. The molecule has 272 valence electrons. The minimum absolute atomic E-state index is 0.883. The molecule has 0 N–H and O–H groups in total. The normalized spacial score (nSPS) is 11.4. The average Bonchev–Trinajstić information content (AvgIpc) is 3.68. The summed E-state index contributed by atoms with van der Waals surface area (Å²) < 4.78 is 6.75. The van der Waals surface area contributed by atoms with E-state index >= 15 is 0 Å². The van der Waals surface area contributed by atoms with Crippen LogP contribution in [-0.2, 0) is 0 Å². The van der Waals surface area contributed by atoms with Crippen LogP contribution < -0.4 is 4.90 Å². The first kappa shape index (κ1) is 33.6. The quantitative estimate of drug-likeness (QED) is 0.162. The predicted molar refractivity (Wildman–Crippen MR) is 245 cm³/mol. The van der Waals surface area contributed by atoms with Crippen LogP contribution in [0.5, 0.6) is 0 Å². The van der Waals surface area contributed by atoms with E-state index in [0.29, 0.717) is 0 Å². The van der Waals surface area contributed by atoms with Gasteiger partial charge in [0.2, 0.25) is 0 Å². The molecule has 1 heterocycles. The molecule has 2 nitrogen and oxygen atoms in total. The number of rotatable bonds is 7. The molecule has 0 radical (unpaired) electrons. The summed E-state index contributed by atoms with van der Waals surface area (Å²) in [7, 11) is 0. The molecule has 0 amide bonds. The van der Waals surface area contributed by atoms with Crippen LogP contribution in [-0.4, -0.2) is 0 Å². The Bertz CT molecular complexity index is 3250. The number of nitrogens with zero attached hydrogens (tertiary/aromatic N) is 1. The van der Waals surface area contributed by atoms with Gasteiger partial charge in [-0.3, -0.25) is 0 Å². The van der Waals surface area contributed by atoms with Gasteiger partial charge < -0.3 is 9.32 Å². The van der Waals surface area contributed by atoms with Crippen molar-refractivity contribution in [3.63, 3.8) is 0 Å². The van der Waals surface area contributed by atoms with Crippen molar-refractivity contribution in [3.8, 4) is 44.5 Å². The maximum atomic E-state index is 6.75. The van der Waals surface area contributed by atoms with Gasteiger partial charge in [-0.1, -0.05) is 164 Å². The first-order chi connectivity index (χ1) is 28.7. The third-order valence-electron chi connectivity index (χ3n) is 11.5. The number of furan rings is 1. The van der Waals surface area contributed by atoms with E-state index in [9.17, 15) is 0 Å². The Hall–Kier alpha value is -7.68. The number of hydrogen-bond acceptors (Lipinski definition) is 2. The largest absolute Gasteiger partial charge is 0.455 e. The van der Waals surface area contributed by atoms with E-state index < -0.39 is 0 Å².